The molecule has 0 aromatic carbocycles. The van der Waals surface area contributed by atoms with E-state index in [0.29, 0.717) is 19.0 Å². The summed E-state index contributed by atoms with van der Waals surface area (Å²) in [7, 11) is 0. The van der Waals surface area contributed by atoms with Crippen molar-refractivity contribution in [2.45, 2.75) is 6.42 Å². The topological polar surface area (TPSA) is 86.2 Å². The lowest BCUT2D eigenvalue weighted by molar-refractivity contribution is 0.0672. The van der Waals surface area contributed by atoms with Gasteiger partial charge in [0.15, 0.2) is 0 Å². The fourth-order valence-electron chi connectivity index (χ4n) is 1.13. The Morgan fingerprint density at radius 1 is 1.33 bits per heavy atom. The molecule has 5 heteroatoms. The van der Waals surface area contributed by atoms with Crippen LogP contribution in [0.1, 0.15) is 6.42 Å². The molecule has 68 valence electrons. The van der Waals surface area contributed by atoms with Crippen molar-refractivity contribution >= 4 is 11.7 Å². The first kappa shape index (κ1) is 8.99. The largest absolute Gasteiger partial charge is 0.387 e. The van der Waals surface area contributed by atoms with Gasteiger partial charge in [-0.1, -0.05) is 0 Å². The van der Waals surface area contributed by atoms with Crippen LogP contribution in [0.5, 0.6) is 0 Å². The first-order chi connectivity index (χ1) is 5.70. The summed E-state index contributed by atoms with van der Waals surface area (Å²) in [4.78, 5) is 1.89. The fourth-order valence-corrected chi connectivity index (χ4v) is 1.13. The molecule has 0 unspecified atom stereocenters. The number of nitrogens with two attached hydrogens (primary N) is 1. The number of nitrogens with one attached hydrogen (secondary N) is 2. The first-order valence-electron chi connectivity index (χ1n) is 3.93. The quantitative estimate of drug-likeness (QED) is 0.390. The van der Waals surface area contributed by atoms with Crippen molar-refractivity contribution in [2.24, 2.45) is 5.73 Å². The molecule has 1 rings (SSSR count). The molecule has 0 spiro atoms. The predicted octanol–water partition coefficient (Wildman–Crippen LogP) is -0.378. The van der Waals surface area contributed by atoms with E-state index in [-0.39, 0.29) is 12.3 Å². The summed E-state index contributed by atoms with van der Waals surface area (Å²) < 4.78 is 5.13. The number of rotatable bonds is 2. The van der Waals surface area contributed by atoms with E-state index in [9.17, 15) is 0 Å². The summed E-state index contributed by atoms with van der Waals surface area (Å²) in [5.41, 5.74) is 5.18. The molecule has 0 atom stereocenters. The van der Waals surface area contributed by atoms with Crippen LogP contribution in [0, 0.1) is 10.8 Å². The minimum absolute atomic E-state index is 0.0477. The SMILES string of the molecule is N=C(N)CC(=N)N1CCOCC1. The number of ether oxygens (including phenoxy) is 1. The zero-order valence-electron chi connectivity index (χ0n) is 6.97. The molecule has 4 N–H and O–H groups in total. The van der Waals surface area contributed by atoms with Crippen LogP contribution in [0.25, 0.3) is 0 Å². The van der Waals surface area contributed by atoms with E-state index in [0.717, 1.165) is 13.1 Å². The second-order valence-electron chi connectivity index (χ2n) is 2.75. The maximum Gasteiger partial charge on any atom is 0.104 e. The standard InChI is InChI=1S/C7H14N4O/c8-6(9)5-7(10)11-1-3-12-4-2-11/h10H,1-5H2,(H3,8,9). The molecular weight excluding hydrogens is 156 g/mol. The fraction of sp³-hybridized carbons (Fsp3) is 0.714. The predicted molar refractivity (Wildman–Crippen MR) is 46.6 cm³/mol. The Kier molecular flexibility index (Phi) is 3.04. The lowest BCUT2D eigenvalue weighted by Gasteiger charge is -2.28. The lowest BCUT2D eigenvalue weighted by Crippen LogP contribution is -2.41. The van der Waals surface area contributed by atoms with Crippen LogP contribution in [0.3, 0.4) is 0 Å². The molecule has 0 aliphatic carbocycles. The van der Waals surface area contributed by atoms with Gasteiger partial charge in [-0.2, -0.15) is 0 Å². The number of amidine groups is 2. The maximum atomic E-state index is 7.56. The highest BCUT2D eigenvalue weighted by molar-refractivity contribution is 5.98. The molecule has 0 aromatic heterocycles. The van der Waals surface area contributed by atoms with Crippen LogP contribution in [-0.4, -0.2) is 42.9 Å². The highest BCUT2D eigenvalue weighted by atomic mass is 16.5. The van der Waals surface area contributed by atoms with Gasteiger partial charge >= 0.3 is 0 Å². The van der Waals surface area contributed by atoms with Crippen molar-refractivity contribution in [1.29, 1.82) is 10.8 Å². The average molecular weight is 170 g/mol. The maximum absolute atomic E-state index is 7.56. The molecule has 1 fully saturated rings. The Morgan fingerprint density at radius 3 is 2.42 bits per heavy atom. The van der Waals surface area contributed by atoms with Crippen LogP contribution in [0.2, 0.25) is 0 Å². The molecular formula is C7H14N4O. The van der Waals surface area contributed by atoms with Crippen molar-refractivity contribution in [3.63, 3.8) is 0 Å². The molecule has 1 aliphatic heterocycles. The summed E-state index contributed by atoms with van der Waals surface area (Å²) in [5.74, 6) is 0.470. The van der Waals surface area contributed by atoms with Crippen LogP contribution in [-0.2, 0) is 4.74 Å². The molecule has 0 aromatic rings. The van der Waals surface area contributed by atoms with Crippen LogP contribution in [0.15, 0.2) is 0 Å². The van der Waals surface area contributed by atoms with Gasteiger partial charge in [0.1, 0.15) is 5.84 Å². The van der Waals surface area contributed by atoms with Crippen molar-refractivity contribution in [3.05, 3.63) is 0 Å². The van der Waals surface area contributed by atoms with Gasteiger partial charge in [-0.05, 0) is 0 Å². The third-order valence-electron chi connectivity index (χ3n) is 1.75. The van der Waals surface area contributed by atoms with E-state index >= 15 is 0 Å². The van der Waals surface area contributed by atoms with Crippen LogP contribution >= 0.6 is 0 Å². The second-order valence-corrected chi connectivity index (χ2v) is 2.75. The Labute approximate surface area is 71.5 Å². The lowest BCUT2D eigenvalue weighted by atomic mass is 10.3. The van der Waals surface area contributed by atoms with E-state index in [1.165, 1.54) is 0 Å². The molecule has 1 heterocycles. The molecule has 0 radical (unpaired) electrons. The minimum atomic E-state index is 0.0477. The smallest absolute Gasteiger partial charge is 0.104 e. The number of hydrogen-bond donors (Lipinski definition) is 3. The zero-order chi connectivity index (χ0) is 8.97. The zero-order valence-corrected chi connectivity index (χ0v) is 6.97. The number of hydrogen-bond acceptors (Lipinski definition) is 3. The van der Waals surface area contributed by atoms with E-state index in [1.54, 1.807) is 0 Å². The highest BCUT2D eigenvalue weighted by Crippen LogP contribution is 1.99. The molecule has 1 saturated heterocycles. The third-order valence-corrected chi connectivity index (χ3v) is 1.75. The Balaban J connectivity index is 2.34. The minimum Gasteiger partial charge on any atom is -0.387 e. The Hall–Kier alpha value is -1.10. The monoisotopic (exact) mass is 170 g/mol. The van der Waals surface area contributed by atoms with Gasteiger partial charge in [0.25, 0.3) is 0 Å². The summed E-state index contributed by atoms with van der Waals surface area (Å²) in [6.07, 6.45) is 0.250. The molecule has 5 nitrogen and oxygen atoms in total. The van der Waals surface area contributed by atoms with Crippen LogP contribution < -0.4 is 5.73 Å². The molecule has 0 bridgehead atoms. The van der Waals surface area contributed by atoms with Crippen LogP contribution in [0.4, 0.5) is 0 Å². The van der Waals surface area contributed by atoms with Gasteiger partial charge in [0.2, 0.25) is 0 Å². The third kappa shape index (κ3) is 2.50. The average Bonchev–Trinajstić information content (AvgIpc) is 2.05. The van der Waals surface area contributed by atoms with Gasteiger partial charge in [-0.25, -0.2) is 0 Å². The summed E-state index contributed by atoms with van der Waals surface area (Å²) >= 11 is 0. The summed E-state index contributed by atoms with van der Waals surface area (Å²) in [6, 6.07) is 0. The van der Waals surface area contributed by atoms with Gasteiger partial charge in [0.05, 0.1) is 25.5 Å². The Morgan fingerprint density at radius 2 is 1.92 bits per heavy atom. The van der Waals surface area contributed by atoms with Crippen molar-refractivity contribution in [2.75, 3.05) is 26.3 Å². The van der Waals surface area contributed by atoms with E-state index in [2.05, 4.69) is 0 Å². The summed E-state index contributed by atoms with van der Waals surface area (Å²) in [6.45, 7) is 2.82. The van der Waals surface area contributed by atoms with E-state index in [1.807, 2.05) is 4.90 Å². The van der Waals surface area contributed by atoms with Gasteiger partial charge in [0, 0.05) is 13.1 Å². The van der Waals surface area contributed by atoms with Crippen molar-refractivity contribution < 1.29 is 4.74 Å². The summed E-state index contributed by atoms with van der Waals surface area (Å²) in [5, 5.41) is 14.6. The second kappa shape index (κ2) is 4.06. The normalized spacial score (nSPS) is 17.5. The van der Waals surface area contributed by atoms with Gasteiger partial charge < -0.3 is 15.4 Å². The van der Waals surface area contributed by atoms with Gasteiger partial charge in [-0.3, -0.25) is 10.8 Å². The number of nitrogens with zero attached hydrogens (tertiary/aromatic N) is 1. The van der Waals surface area contributed by atoms with Crippen molar-refractivity contribution in [3.8, 4) is 0 Å². The molecule has 1 aliphatic rings. The molecule has 0 saturated carbocycles. The first-order valence-corrected chi connectivity index (χ1v) is 3.93. The van der Waals surface area contributed by atoms with E-state index in [4.69, 9.17) is 21.3 Å². The van der Waals surface area contributed by atoms with Gasteiger partial charge in [-0.15, -0.1) is 0 Å². The van der Waals surface area contributed by atoms with E-state index < -0.39 is 0 Å². The van der Waals surface area contributed by atoms with Crippen molar-refractivity contribution in [1.82, 2.24) is 4.90 Å². The Bertz CT molecular complexity index is 186. The highest BCUT2D eigenvalue weighted by Gasteiger charge is 2.13. The molecule has 0 amide bonds. The number of morpholine rings is 1. The molecule has 12 heavy (non-hydrogen) atoms.